The van der Waals surface area contributed by atoms with E-state index in [-0.39, 0.29) is 16.8 Å². The monoisotopic (exact) mass is 479 g/mol. The molecular formula is C21H10BrN3O4S. The van der Waals surface area contributed by atoms with Crippen LogP contribution in [0, 0.1) is 21.4 Å². The van der Waals surface area contributed by atoms with Gasteiger partial charge in [0.25, 0.3) is 5.69 Å². The fraction of sp³-hybridized carbons (Fsp3) is 0. The van der Waals surface area contributed by atoms with E-state index in [9.17, 15) is 20.2 Å². The number of fused-ring (bicyclic) bond motifs is 1. The van der Waals surface area contributed by atoms with Crippen LogP contribution in [0.25, 0.3) is 33.9 Å². The summed E-state index contributed by atoms with van der Waals surface area (Å²) in [6.07, 6.45) is 1.42. The molecule has 2 heterocycles. The maximum atomic E-state index is 12.4. The Hall–Kier alpha value is -3.61. The summed E-state index contributed by atoms with van der Waals surface area (Å²) in [4.78, 5) is 27.5. The summed E-state index contributed by atoms with van der Waals surface area (Å²) in [7, 11) is 0. The van der Waals surface area contributed by atoms with Crippen LogP contribution in [-0.4, -0.2) is 9.91 Å². The van der Waals surface area contributed by atoms with Crippen molar-refractivity contribution in [3.63, 3.8) is 0 Å². The van der Waals surface area contributed by atoms with Crippen molar-refractivity contribution in [2.24, 2.45) is 0 Å². The molecule has 7 nitrogen and oxygen atoms in total. The van der Waals surface area contributed by atoms with E-state index in [2.05, 4.69) is 20.9 Å². The van der Waals surface area contributed by atoms with E-state index in [1.807, 2.05) is 12.1 Å². The van der Waals surface area contributed by atoms with Gasteiger partial charge in [-0.2, -0.15) is 5.26 Å². The van der Waals surface area contributed by atoms with E-state index < -0.39 is 10.5 Å². The van der Waals surface area contributed by atoms with Crippen molar-refractivity contribution in [1.29, 1.82) is 5.26 Å². The van der Waals surface area contributed by atoms with Crippen LogP contribution in [0.2, 0.25) is 0 Å². The average molecular weight is 480 g/mol. The molecule has 0 saturated carbocycles. The van der Waals surface area contributed by atoms with E-state index in [0.29, 0.717) is 21.8 Å². The number of nitriles is 1. The van der Waals surface area contributed by atoms with Gasteiger partial charge in [-0.15, -0.1) is 11.3 Å². The normalized spacial score (nSPS) is 11.4. The summed E-state index contributed by atoms with van der Waals surface area (Å²) in [5.41, 5.74) is 0.904. The van der Waals surface area contributed by atoms with E-state index in [1.54, 1.807) is 41.8 Å². The number of hydrogen-bond donors (Lipinski definition) is 0. The molecule has 2 aromatic carbocycles. The molecule has 4 aromatic rings. The maximum Gasteiger partial charge on any atom is 0.345 e. The smallest absolute Gasteiger partial charge is 0.345 e. The molecule has 0 fully saturated rings. The Morgan fingerprint density at radius 2 is 2.07 bits per heavy atom. The van der Waals surface area contributed by atoms with E-state index in [1.165, 1.54) is 23.5 Å². The largest absolute Gasteiger partial charge is 0.422 e. The first-order chi connectivity index (χ1) is 14.5. The van der Waals surface area contributed by atoms with Gasteiger partial charge in [-0.05, 0) is 36.4 Å². The van der Waals surface area contributed by atoms with E-state index in [4.69, 9.17) is 4.42 Å². The van der Waals surface area contributed by atoms with Crippen LogP contribution in [-0.2, 0) is 0 Å². The zero-order chi connectivity index (χ0) is 21.3. The van der Waals surface area contributed by atoms with Crippen LogP contribution in [0.5, 0.6) is 0 Å². The highest BCUT2D eigenvalue weighted by atomic mass is 79.9. The van der Waals surface area contributed by atoms with Crippen LogP contribution in [0.4, 0.5) is 5.69 Å². The predicted octanol–water partition coefficient (Wildman–Crippen LogP) is 5.65. The van der Waals surface area contributed by atoms with Gasteiger partial charge >= 0.3 is 5.63 Å². The molecule has 30 heavy (non-hydrogen) atoms. The second-order valence-electron chi connectivity index (χ2n) is 6.15. The highest BCUT2D eigenvalue weighted by Gasteiger charge is 2.16. The van der Waals surface area contributed by atoms with Crippen LogP contribution >= 0.6 is 27.3 Å². The zero-order valence-corrected chi connectivity index (χ0v) is 17.4. The SMILES string of the molecule is N#CC(=Cc1ccccc1[N+](=O)[O-])c1nc(-c2cc3cc(Br)ccc3oc2=O)cs1. The number of nitrogens with zero attached hydrogens (tertiary/aromatic N) is 3. The third kappa shape index (κ3) is 3.78. The van der Waals surface area contributed by atoms with Crippen molar-refractivity contribution >= 4 is 55.6 Å². The summed E-state index contributed by atoms with van der Waals surface area (Å²) in [6.45, 7) is 0. The minimum Gasteiger partial charge on any atom is -0.422 e. The van der Waals surface area contributed by atoms with Crippen molar-refractivity contribution < 1.29 is 9.34 Å². The Kier molecular flexibility index (Phi) is 5.27. The van der Waals surface area contributed by atoms with Gasteiger partial charge in [-0.3, -0.25) is 10.1 Å². The number of benzene rings is 2. The lowest BCUT2D eigenvalue weighted by atomic mass is 10.1. The molecule has 0 unspecified atom stereocenters. The number of hydrogen-bond acceptors (Lipinski definition) is 7. The fourth-order valence-corrected chi connectivity index (χ4v) is 4.03. The quantitative estimate of drug-likeness (QED) is 0.162. The van der Waals surface area contributed by atoms with Gasteiger partial charge in [0.15, 0.2) is 0 Å². The first kappa shape index (κ1) is 19.7. The molecule has 0 bridgehead atoms. The summed E-state index contributed by atoms with van der Waals surface area (Å²) >= 11 is 4.55. The maximum absolute atomic E-state index is 12.4. The standard InChI is InChI=1S/C21H10BrN3O4S/c22-15-5-6-19-13(8-15)9-16(21(26)29-19)17-11-30-20(24-17)14(10-23)7-12-3-1-2-4-18(12)25(27)28/h1-9,11H. The van der Waals surface area contributed by atoms with Gasteiger partial charge in [0, 0.05) is 21.3 Å². The molecule has 4 rings (SSSR count). The van der Waals surface area contributed by atoms with Crippen molar-refractivity contribution in [3.8, 4) is 17.3 Å². The second-order valence-corrected chi connectivity index (χ2v) is 7.93. The summed E-state index contributed by atoms with van der Waals surface area (Å²) in [6, 6.07) is 15.1. The van der Waals surface area contributed by atoms with E-state index >= 15 is 0 Å². The Balaban J connectivity index is 1.78. The third-order valence-electron chi connectivity index (χ3n) is 4.26. The van der Waals surface area contributed by atoms with Crippen molar-refractivity contribution in [2.75, 3.05) is 0 Å². The minimum atomic E-state index is -0.539. The average Bonchev–Trinajstić information content (AvgIpc) is 3.21. The van der Waals surface area contributed by atoms with Gasteiger partial charge < -0.3 is 4.42 Å². The highest BCUT2D eigenvalue weighted by Crippen LogP contribution is 2.29. The van der Waals surface area contributed by atoms with E-state index in [0.717, 1.165) is 9.86 Å². The van der Waals surface area contributed by atoms with Gasteiger partial charge in [0.05, 0.1) is 27.3 Å². The lowest BCUT2D eigenvalue weighted by Gasteiger charge is -2.00. The molecule has 146 valence electrons. The Morgan fingerprint density at radius 3 is 2.83 bits per heavy atom. The molecular weight excluding hydrogens is 470 g/mol. The molecule has 9 heteroatoms. The fourth-order valence-electron chi connectivity index (χ4n) is 2.87. The van der Waals surface area contributed by atoms with Gasteiger partial charge in [-0.1, -0.05) is 28.1 Å². The number of aromatic nitrogens is 1. The number of para-hydroxylation sites is 1. The number of nitro groups is 1. The van der Waals surface area contributed by atoms with Crippen molar-refractivity contribution in [1.82, 2.24) is 4.98 Å². The number of halogens is 1. The first-order valence-electron chi connectivity index (χ1n) is 8.51. The zero-order valence-electron chi connectivity index (χ0n) is 15.0. The number of rotatable bonds is 4. The molecule has 2 aromatic heterocycles. The van der Waals surface area contributed by atoms with Crippen molar-refractivity contribution in [2.45, 2.75) is 0 Å². The minimum absolute atomic E-state index is 0.109. The lowest BCUT2D eigenvalue weighted by Crippen LogP contribution is -2.03. The highest BCUT2D eigenvalue weighted by molar-refractivity contribution is 9.10. The number of nitro benzene ring substituents is 1. The topological polar surface area (TPSA) is 110 Å². The Labute approximate surface area is 181 Å². The summed E-state index contributed by atoms with van der Waals surface area (Å²) in [5, 5.41) is 23.5. The number of thiazole rings is 1. The predicted molar refractivity (Wildman–Crippen MR) is 118 cm³/mol. The first-order valence-corrected chi connectivity index (χ1v) is 10.2. The molecule has 0 N–H and O–H groups in total. The van der Waals surface area contributed by atoms with Gasteiger partial charge in [0.2, 0.25) is 0 Å². The lowest BCUT2D eigenvalue weighted by molar-refractivity contribution is -0.385. The molecule has 0 atom stereocenters. The third-order valence-corrected chi connectivity index (χ3v) is 5.63. The number of allylic oxidation sites excluding steroid dienone is 1. The molecule has 0 radical (unpaired) electrons. The van der Waals surface area contributed by atoms with Crippen LogP contribution < -0.4 is 5.63 Å². The van der Waals surface area contributed by atoms with Gasteiger partial charge in [0.1, 0.15) is 16.7 Å². The molecule has 0 saturated heterocycles. The van der Waals surface area contributed by atoms with Crippen LogP contribution in [0.3, 0.4) is 0 Å². The van der Waals surface area contributed by atoms with Crippen LogP contribution in [0.1, 0.15) is 10.6 Å². The molecule has 0 aliphatic rings. The Morgan fingerprint density at radius 1 is 1.27 bits per heavy atom. The Bertz CT molecular complexity index is 1430. The van der Waals surface area contributed by atoms with Gasteiger partial charge in [-0.25, -0.2) is 9.78 Å². The summed E-state index contributed by atoms with van der Waals surface area (Å²) in [5.74, 6) is 0. The molecule has 0 aliphatic heterocycles. The molecule has 0 spiro atoms. The van der Waals surface area contributed by atoms with Crippen LogP contribution in [0.15, 0.2) is 67.6 Å². The molecule has 0 amide bonds. The second kappa shape index (κ2) is 8.02. The summed E-state index contributed by atoms with van der Waals surface area (Å²) < 4.78 is 6.21. The molecule has 0 aliphatic carbocycles. The van der Waals surface area contributed by atoms with Crippen molar-refractivity contribution in [3.05, 3.63) is 89.5 Å².